The van der Waals surface area contributed by atoms with E-state index in [4.69, 9.17) is 4.74 Å². The molecule has 6 heteroatoms. The molecule has 1 aromatic heterocycles. The van der Waals surface area contributed by atoms with Crippen LogP contribution in [0.2, 0.25) is 0 Å². The lowest BCUT2D eigenvalue weighted by Gasteiger charge is -2.06. The summed E-state index contributed by atoms with van der Waals surface area (Å²) >= 11 is 0. The van der Waals surface area contributed by atoms with Crippen molar-refractivity contribution in [3.63, 3.8) is 0 Å². The molecule has 0 atom stereocenters. The summed E-state index contributed by atoms with van der Waals surface area (Å²) in [7, 11) is 1.58. The lowest BCUT2D eigenvalue weighted by molar-refractivity contribution is -0.115. The second kappa shape index (κ2) is 6.31. The molecule has 0 aliphatic carbocycles. The number of amides is 1. The lowest BCUT2D eigenvalue weighted by Crippen LogP contribution is -2.15. The largest absolute Gasteiger partial charge is 0.497 e. The number of aromatic amines is 1. The summed E-state index contributed by atoms with van der Waals surface area (Å²) in [5.41, 5.74) is 2.83. The fourth-order valence-corrected chi connectivity index (χ4v) is 2.66. The van der Waals surface area contributed by atoms with E-state index < -0.39 is 11.6 Å². The SMILES string of the molecule is COc1ccc2[nH]c(C)c(CC(=O)Nc3ccc(F)c(F)c3)c2c1. The highest BCUT2D eigenvalue weighted by Crippen LogP contribution is 2.27. The molecule has 1 heterocycles. The van der Waals surface area contributed by atoms with E-state index in [0.717, 1.165) is 34.3 Å². The minimum atomic E-state index is -0.999. The maximum atomic E-state index is 13.2. The molecule has 2 N–H and O–H groups in total. The van der Waals surface area contributed by atoms with Crippen LogP contribution in [0, 0.1) is 18.6 Å². The molecule has 24 heavy (non-hydrogen) atoms. The van der Waals surface area contributed by atoms with Crippen LogP contribution in [0.1, 0.15) is 11.3 Å². The van der Waals surface area contributed by atoms with Gasteiger partial charge in [0, 0.05) is 28.4 Å². The highest BCUT2D eigenvalue weighted by Gasteiger charge is 2.14. The topological polar surface area (TPSA) is 54.1 Å². The third-order valence-electron chi connectivity index (χ3n) is 3.87. The van der Waals surface area contributed by atoms with E-state index in [-0.39, 0.29) is 18.0 Å². The molecule has 0 bridgehead atoms. The number of fused-ring (bicyclic) bond motifs is 1. The van der Waals surface area contributed by atoms with E-state index in [2.05, 4.69) is 10.3 Å². The third kappa shape index (κ3) is 3.08. The zero-order chi connectivity index (χ0) is 17.3. The first-order valence-corrected chi connectivity index (χ1v) is 7.38. The molecule has 0 radical (unpaired) electrons. The van der Waals surface area contributed by atoms with Crippen LogP contribution in [0.15, 0.2) is 36.4 Å². The number of ether oxygens (including phenoxy) is 1. The molecule has 0 unspecified atom stereocenters. The van der Waals surface area contributed by atoms with Gasteiger partial charge in [0.25, 0.3) is 0 Å². The summed E-state index contributed by atoms with van der Waals surface area (Å²) in [6.45, 7) is 1.88. The second-order valence-electron chi connectivity index (χ2n) is 5.49. The highest BCUT2D eigenvalue weighted by atomic mass is 19.2. The summed E-state index contributed by atoms with van der Waals surface area (Å²) in [5.74, 6) is -1.56. The van der Waals surface area contributed by atoms with Gasteiger partial charge in [-0.25, -0.2) is 8.78 Å². The fraction of sp³-hybridized carbons (Fsp3) is 0.167. The Morgan fingerprint density at radius 1 is 1.17 bits per heavy atom. The Morgan fingerprint density at radius 3 is 2.67 bits per heavy atom. The summed E-state index contributed by atoms with van der Waals surface area (Å²) < 4.78 is 31.4. The Morgan fingerprint density at radius 2 is 1.96 bits per heavy atom. The van der Waals surface area contributed by atoms with Gasteiger partial charge in [-0.2, -0.15) is 0 Å². The monoisotopic (exact) mass is 330 g/mol. The van der Waals surface area contributed by atoms with E-state index in [0.29, 0.717) is 5.75 Å². The quantitative estimate of drug-likeness (QED) is 0.761. The Labute approximate surface area is 137 Å². The predicted molar refractivity (Wildman–Crippen MR) is 88.3 cm³/mol. The summed E-state index contributed by atoms with van der Waals surface area (Å²) in [6, 6.07) is 8.84. The van der Waals surface area contributed by atoms with Crippen molar-refractivity contribution >= 4 is 22.5 Å². The van der Waals surface area contributed by atoms with Gasteiger partial charge in [-0.1, -0.05) is 0 Å². The van der Waals surface area contributed by atoms with E-state index in [9.17, 15) is 13.6 Å². The first kappa shape index (κ1) is 16.0. The van der Waals surface area contributed by atoms with Crippen LogP contribution in [0.3, 0.4) is 0 Å². The number of carbonyl (C=O) groups excluding carboxylic acids is 1. The van der Waals surface area contributed by atoms with Gasteiger partial charge < -0.3 is 15.0 Å². The van der Waals surface area contributed by atoms with Crippen LogP contribution in [0.5, 0.6) is 5.75 Å². The molecule has 124 valence electrons. The molecule has 3 rings (SSSR count). The zero-order valence-corrected chi connectivity index (χ0v) is 13.2. The number of aryl methyl sites for hydroxylation is 1. The van der Waals surface area contributed by atoms with Crippen LogP contribution in [-0.4, -0.2) is 18.0 Å². The van der Waals surface area contributed by atoms with Gasteiger partial charge in [-0.15, -0.1) is 0 Å². The standard InChI is InChI=1S/C18H16F2N2O2/c1-10-13(14-8-12(24-2)4-6-17(14)21-10)9-18(23)22-11-3-5-15(19)16(20)7-11/h3-8,21H,9H2,1-2H3,(H,22,23). The van der Waals surface area contributed by atoms with Crippen LogP contribution >= 0.6 is 0 Å². The summed E-state index contributed by atoms with van der Waals surface area (Å²) in [5, 5.41) is 3.47. The van der Waals surface area contributed by atoms with Crippen molar-refractivity contribution in [2.24, 2.45) is 0 Å². The van der Waals surface area contributed by atoms with Crippen molar-refractivity contribution in [3.8, 4) is 5.75 Å². The molecule has 3 aromatic rings. The summed E-state index contributed by atoms with van der Waals surface area (Å²) in [4.78, 5) is 15.5. The van der Waals surface area contributed by atoms with Crippen molar-refractivity contribution in [1.29, 1.82) is 0 Å². The maximum Gasteiger partial charge on any atom is 0.228 e. The van der Waals surface area contributed by atoms with Crippen LogP contribution < -0.4 is 10.1 Å². The van der Waals surface area contributed by atoms with Crippen molar-refractivity contribution in [1.82, 2.24) is 4.98 Å². The summed E-state index contributed by atoms with van der Waals surface area (Å²) in [6.07, 6.45) is 0.109. The van der Waals surface area contributed by atoms with Gasteiger partial charge in [-0.05, 0) is 42.8 Å². The number of hydrogen-bond acceptors (Lipinski definition) is 2. The number of nitrogens with one attached hydrogen (secondary N) is 2. The van der Waals surface area contributed by atoms with Gasteiger partial charge >= 0.3 is 0 Å². The average molecular weight is 330 g/mol. The fourth-order valence-electron chi connectivity index (χ4n) is 2.66. The third-order valence-corrected chi connectivity index (χ3v) is 3.87. The van der Waals surface area contributed by atoms with Crippen LogP contribution in [0.25, 0.3) is 10.9 Å². The Balaban J connectivity index is 1.84. The van der Waals surface area contributed by atoms with E-state index in [1.54, 1.807) is 7.11 Å². The van der Waals surface area contributed by atoms with Crippen LogP contribution in [0.4, 0.5) is 14.5 Å². The molecule has 0 aliphatic heterocycles. The molecule has 0 saturated heterocycles. The van der Waals surface area contributed by atoms with Crippen molar-refractivity contribution in [2.45, 2.75) is 13.3 Å². The highest BCUT2D eigenvalue weighted by molar-refractivity contribution is 5.96. The average Bonchev–Trinajstić information content (AvgIpc) is 2.86. The smallest absolute Gasteiger partial charge is 0.228 e. The number of carbonyl (C=O) groups is 1. The Hall–Kier alpha value is -2.89. The number of methoxy groups -OCH3 is 1. The molecule has 0 saturated carbocycles. The van der Waals surface area contributed by atoms with E-state index in [1.165, 1.54) is 6.07 Å². The van der Waals surface area contributed by atoms with Gasteiger partial charge in [0.15, 0.2) is 11.6 Å². The number of benzene rings is 2. The lowest BCUT2D eigenvalue weighted by atomic mass is 10.1. The van der Waals surface area contributed by atoms with Gasteiger partial charge in [0.1, 0.15) is 5.75 Å². The number of hydrogen-bond donors (Lipinski definition) is 2. The number of anilines is 1. The molecule has 0 fully saturated rings. The molecule has 1 amide bonds. The molecule has 4 nitrogen and oxygen atoms in total. The molecular formula is C18H16F2N2O2. The minimum absolute atomic E-state index is 0.109. The first-order chi connectivity index (χ1) is 11.5. The normalized spacial score (nSPS) is 10.8. The molecule has 0 spiro atoms. The Kier molecular flexibility index (Phi) is 4.20. The van der Waals surface area contributed by atoms with E-state index >= 15 is 0 Å². The van der Waals surface area contributed by atoms with Crippen LogP contribution in [-0.2, 0) is 11.2 Å². The number of halogens is 2. The van der Waals surface area contributed by atoms with E-state index in [1.807, 2.05) is 25.1 Å². The van der Waals surface area contributed by atoms with Crippen molar-refractivity contribution in [3.05, 3.63) is 59.3 Å². The molecule has 0 aliphatic rings. The zero-order valence-electron chi connectivity index (χ0n) is 13.2. The number of H-pyrrole nitrogens is 1. The first-order valence-electron chi connectivity index (χ1n) is 7.38. The van der Waals surface area contributed by atoms with Gasteiger partial charge in [0.05, 0.1) is 13.5 Å². The van der Waals surface area contributed by atoms with Crippen molar-refractivity contribution in [2.75, 3.05) is 12.4 Å². The van der Waals surface area contributed by atoms with Gasteiger partial charge in [-0.3, -0.25) is 4.79 Å². The molecular weight excluding hydrogens is 314 g/mol. The number of aromatic nitrogens is 1. The second-order valence-corrected chi connectivity index (χ2v) is 5.49. The van der Waals surface area contributed by atoms with Gasteiger partial charge in [0.2, 0.25) is 5.91 Å². The Bertz CT molecular complexity index is 919. The predicted octanol–water partition coefficient (Wildman–Crippen LogP) is 3.94. The maximum absolute atomic E-state index is 13.2. The van der Waals surface area contributed by atoms with Crippen molar-refractivity contribution < 1.29 is 18.3 Å². The minimum Gasteiger partial charge on any atom is -0.497 e. The molecule has 2 aromatic carbocycles. The number of rotatable bonds is 4.